The van der Waals surface area contributed by atoms with Crippen molar-refractivity contribution in [3.05, 3.63) is 54.4 Å². The topological polar surface area (TPSA) is 107 Å². The van der Waals surface area contributed by atoms with Gasteiger partial charge in [-0.25, -0.2) is 4.57 Å². The van der Waals surface area contributed by atoms with E-state index in [-0.39, 0.29) is 0 Å². The van der Waals surface area contributed by atoms with Gasteiger partial charge in [0, 0.05) is 11.6 Å². The fourth-order valence-electron chi connectivity index (χ4n) is 1.90. The smallest absolute Gasteiger partial charge is 0.430 e. The van der Waals surface area contributed by atoms with Crippen LogP contribution >= 0.6 is 0 Å². The Morgan fingerprint density at radius 2 is 1.93 bits per heavy atom. The molecule has 0 aliphatic carbocycles. The fourth-order valence-corrected chi connectivity index (χ4v) is 1.90. The molecule has 0 spiro atoms. The van der Waals surface area contributed by atoms with Gasteiger partial charge in [-0.05, 0) is 24.3 Å². The highest BCUT2D eigenvalue weighted by Gasteiger charge is 2.28. The number of carbonyl (C=O) groups excluding carboxylic acids is 1. The van der Waals surface area contributed by atoms with Crippen molar-refractivity contribution in [2.75, 3.05) is 0 Å². The lowest BCUT2D eigenvalue weighted by Crippen LogP contribution is -2.37. The van der Waals surface area contributed by atoms with Gasteiger partial charge in [-0.2, -0.15) is 23.4 Å². The first kappa shape index (κ1) is 19.6. The molecule has 0 unspecified atom stereocenters. The van der Waals surface area contributed by atoms with Crippen LogP contribution in [0, 0.1) is 11.3 Å². The van der Waals surface area contributed by atoms with Gasteiger partial charge in [0.2, 0.25) is 5.82 Å². The number of halogens is 3. The zero-order valence-corrected chi connectivity index (χ0v) is 13.8. The van der Waals surface area contributed by atoms with Gasteiger partial charge >= 0.3 is 6.18 Å². The van der Waals surface area contributed by atoms with Crippen molar-refractivity contribution in [1.82, 2.24) is 10.1 Å². The molecule has 1 aromatic carbocycles. The Balaban J connectivity index is 0.000000321. The third-order valence-electron chi connectivity index (χ3n) is 3.09. The molecule has 0 radical (unpaired) electrons. The molecule has 27 heavy (non-hydrogen) atoms. The number of benzene rings is 1. The van der Waals surface area contributed by atoms with Gasteiger partial charge in [-0.1, -0.05) is 11.2 Å². The molecule has 0 aliphatic heterocycles. The summed E-state index contributed by atoms with van der Waals surface area (Å²) in [5, 5.41) is 21.7. The van der Waals surface area contributed by atoms with E-state index in [9.17, 15) is 13.2 Å². The summed E-state index contributed by atoms with van der Waals surface area (Å²) in [4.78, 5) is 13.2. The standard InChI is InChI=1S/C15H11N4O.C2HF3O2/c1-19-7-3-6-13(10-19)14-17-15(20-18-14)12-5-2-4-11(8-12)9-16;3-2(4,5)1(6)7/h2-8,10H,1H3;(H,6,7)/q+1;/p-1. The van der Waals surface area contributed by atoms with Crippen LogP contribution in [0.4, 0.5) is 13.2 Å². The normalized spacial score (nSPS) is 10.5. The van der Waals surface area contributed by atoms with Crippen molar-refractivity contribution in [3.63, 3.8) is 0 Å². The molecule has 0 saturated carbocycles. The molecule has 138 valence electrons. The minimum atomic E-state index is -5.19. The summed E-state index contributed by atoms with van der Waals surface area (Å²) < 4.78 is 38.7. The number of nitrogens with zero attached hydrogens (tertiary/aromatic N) is 4. The summed E-state index contributed by atoms with van der Waals surface area (Å²) in [6.07, 6.45) is -1.35. The Bertz CT molecular complexity index is 993. The van der Waals surface area contributed by atoms with Gasteiger partial charge in [0.1, 0.15) is 13.0 Å². The largest absolute Gasteiger partial charge is 0.542 e. The minimum Gasteiger partial charge on any atom is -0.542 e. The molecular weight excluding hydrogens is 365 g/mol. The third kappa shape index (κ3) is 5.37. The highest BCUT2D eigenvalue weighted by Crippen LogP contribution is 2.22. The second-order valence-electron chi connectivity index (χ2n) is 5.16. The lowest BCUT2D eigenvalue weighted by Gasteiger charge is -2.03. The molecule has 3 aromatic rings. The van der Waals surface area contributed by atoms with Crippen LogP contribution in [0.3, 0.4) is 0 Å². The van der Waals surface area contributed by atoms with Crippen molar-refractivity contribution in [2.24, 2.45) is 7.05 Å². The average Bonchev–Trinajstić information content (AvgIpc) is 3.12. The van der Waals surface area contributed by atoms with Crippen LogP contribution < -0.4 is 9.67 Å². The van der Waals surface area contributed by atoms with Gasteiger partial charge < -0.3 is 14.4 Å². The molecule has 2 heterocycles. The first-order chi connectivity index (χ1) is 12.7. The Morgan fingerprint density at radius 3 is 2.52 bits per heavy atom. The van der Waals surface area contributed by atoms with Crippen LogP contribution in [0.15, 0.2) is 53.3 Å². The number of carboxylic acids is 1. The van der Waals surface area contributed by atoms with Crippen LogP contribution in [0.1, 0.15) is 5.56 Å². The highest BCUT2D eigenvalue weighted by atomic mass is 19.4. The zero-order valence-electron chi connectivity index (χ0n) is 13.8. The molecule has 0 bridgehead atoms. The van der Waals surface area contributed by atoms with Gasteiger partial charge in [0.05, 0.1) is 17.2 Å². The molecule has 7 nitrogen and oxygen atoms in total. The summed E-state index contributed by atoms with van der Waals surface area (Å²) in [7, 11) is 1.93. The number of pyridine rings is 1. The lowest BCUT2D eigenvalue weighted by atomic mass is 10.1. The number of nitriles is 1. The van der Waals surface area contributed by atoms with Crippen molar-refractivity contribution < 1.29 is 32.2 Å². The number of hydrogen-bond donors (Lipinski definition) is 0. The molecule has 3 rings (SSSR count). The van der Waals surface area contributed by atoms with Crippen LogP contribution in [0.25, 0.3) is 22.8 Å². The number of aliphatic carboxylic acids is 1. The summed E-state index contributed by atoms with van der Waals surface area (Å²) in [6.45, 7) is 0. The fraction of sp³-hybridized carbons (Fsp3) is 0.118. The molecule has 0 N–H and O–H groups in total. The Morgan fingerprint density at radius 1 is 1.26 bits per heavy atom. The van der Waals surface area contributed by atoms with Crippen LogP contribution in [-0.2, 0) is 11.8 Å². The monoisotopic (exact) mass is 376 g/mol. The second kappa shape index (κ2) is 8.09. The maximum Gasteiger partial charge on any atom is 0.430 e. The molecule has 10 heteroatoms. The Labute approximate surface area is 150 Å². The first-order valence-corrected chi connectivity index (χ1v) is 7.29. The van der Waals surface area contributed by atoms with Gasteiger partial charge in [-0.15, -0.1) is 0 Å². The van der Waals surface area contributed by atoms with E-state index in [1.165, 1.54) is 0 Å². The molecule has 0 aliphatic rings. The van der Waals surface area contributed by atoms with Crippen molar-refractivity contribution in [3.8, 4) is 28.9 Å². The van der Waals surface area contributed by atoms with E-state index in [1.807, 2.05) is 42.2 Å². The van der Waals surface area contributed by atoms with Crippen LogP contribution in [0.5, 0.6) is 0 Å². The predicted octanol–water partition coefficient (Wildman–Crippen LogP) is 1.40. The molecule has 2 aromatic heterocycles. The van der Waals surface area contributed by atoms with E-state index in [4.69, 9.17) is 19.7 Å². The van der Waals surface area contributed by atoms with E-state index in [2.05, 4.69) is 16.2 Å². The number of aryl methyl sites for hydroxylation is 1. The number of rotatable bonds is 2. The minimum absolute atomic E-state index is 0.406. The summed E-state index contributed by atoms with van der Waals surface area (Å²) >= 11 is 0. The molecule has 0 fully saturated rings. The summed E-state index contributed by atoms with van der Waals surface area (Å²) in [5.41, 5.74) is 2.18. The van der Waals surface area contributed by atoms with Crippen molar-refractivity contribution >= 4 is 5.97 Å². The average molecular weight is 376 g/mol. The summed E-state index contributed by atoms with van der Waals surface area (Å²) in [6, 6.07) is 13.0. The highest BCUT2D eigenvalue weighted by molar-refractivity contribution is 5.70. The van der Waals surface area contributed by atoms with Crippen molar-refractivity contribution in [2.45, 2.75) is 6.18 Å². The maximum atomic E-state index is 10.5. The van der Waals surface area contributed by atoms with E-state index in [0.717, 1.165) is 11.1 Å². The molecular formula is C17H11F3N4O3. The zero-order chi connectivity index (χ0) is 20.0. The van der Waals surface area contributed by atoms with E-state index in [0.29, 0.717) is 17.3 Å². The molecule has 0 amide bonds. The van der Waals surface area contributed by atoms with Gasteiger partial charge in [0.15, 0.2) is 12.4 Å². The molecule has 0 saturated heterocycles. The number of carbonyl (C=O) groups is 1. The van der Waals surface area contributed by atoms with Gasteiger partial charge in [0.25, 0.3) is 5.89 Å². The van der Waals surface area contributed by atoms with E-state index in [1.54, 1.807) is 18.2 Å². The number of carboxylic acid groups (broad SMARTS) is 1. The number of hydrogen-bond acceptors (Lipinski definition) is 6. The summed E-state index contributed by atoms with van der Waals surface area (Å²) in [5.74, 6) is -2.07. The SMILES string of the molecule is C[n+]1cccc(-c2noc(-c3cccc(C#N)c3)n2)c1.O=C([O-])C(F)(F)F. The Kier molecular flexibility index (Phi) is 5.87. The van der Waals surface area contributed by atoms with Crippen molar-refractivity contribution in [1.29, 1.82) is 5.26 Å². The van der Waals surface area contributed by atoms with Gasteiger partial charge in [-0.3, -0.25) is 0 Å². The van der Waals surface area contributed by atoms with Crippen LogP contribution in [-0.4, -0.2) is 22.3 Å². The maximum absolute atomic E-state index is 10.5. The van der Waals surface area contributed by atoms with E-state index < -0.39 is 12.1 Å². The molecule has 0 atom stereocenters. The lowest BCUT2D eigenvalue weighted by molar-refractivity contribution is -0.671. The van der Waals surface area contributed by atoms with E-state index >= 15 is 0 Å². The van der Waals surface area contributed by atoms with Crippen LogP contribution in [0.2, 0.25) is 0 Å². The number of aromatic nitrogens is 3. The second-order valence-corrected chi connectivity index (χ2v) is 5.16. The third-order valence-corrected chi connectivity index (χ3v) is 3.09. The quantitative estimate of drug-likeness (QED) is 0.626. The number of alkyl halides is 3. The predicted molar refractivity (Wildman–Crippen MR) is 82.1 cm³/mol. The Hall–Kier alpha value is -3.74. The first-order valence-electron chi connectivity index (χ1n) is 7.29.